The quantitative estimate of drug-likeness (QED) is 0.716. The van der Waals surface area contributed by atoms with Gasteiger partial charge in [-0.3, -0.25) is 9.48 Å². The molecule has 0 bridgehead atoms. The standard InChI is InChI=1S/C23H28F2N4O2/c1-3-8-29-20-7-5-16(26-14-18-19(24)6-4-15(2)21(18)25)13-17(20)22(27-29)23(30)28-9-11-31-12-10-28/h3-4,6,16,26H,1,5,7-14H2,2H3/t16-/m0/s1. The number of allylic oxidation sites excluding steroid dienone is 1. The van der Waals surface area contributed by atoms with Crippen molar-refractivity contribution in [3.63, 3.8) is 0 Å². The number of benzene rings is 1. The smallest absolute Gasteiger partial charge is 0.274 e. The molecule has 1 N–H and O–H groups in total. The summed E-state index contributed by atoms with van der Waals surface area (Å²) in [6, 6.07) is 2.75. The van der Waals surface area contributed by atoms with Gasteiger partial charge in [-0.25, -0.2) is 8.78 Å². The van der Waals surface area contributed by atoms with E-state index in [2.05, 4.69) is 17.0 Å². The van der Waals surface area contributed by atoms with Crippen LogP contribution in [0, 0.1) is 18.6 Å². The van der Waals surface area contributed by atoms with Crippen LogP contribution in [-0.2, 0) is 30.7 Å². The van der Waals surface area contributed by atoms with Crippen LogP contribution in [-0.4, -0.2) is 52.9 Å². The number of amides is 1. The topological polar surface area (TPSA) is 59.4 Å². The lowest BCUT2D eigenvalue weighted by Crippen LogP contribution is -2.41. The summed E-state index contributed by atoms with van der Waals surface area (Å²) in [6.45, 7) is 8.22. The predicted octanol–water partition coefficient (Wildman–Crippen LogP) is 2.78. The van der Waals surface area contributed by atoms with E-state index in [1.807, 2.05) is 4.68 Å². The van der Waals surface area contributed by atoms with Crippen LogP contribution in [0.2, 0.25) is 0 Å². The highest BCUT2D eigenvalue weighted by Gasteiger charge is 2.31. The van der Waals surface area contributed by atoms with E-state index in [-0.39, 0.29) is 24.1 Å². The summed E-state index contributed by atoms with van der Waals surface area (Å²) in [6.07, 6.45) is 3.90. The lowest BCUT2D eigenvalue weighted by atomic mass is 9.90. The second-order valence-electron chi connectivity index (χ2n) is 8.13. The van der Waals surface area contributed by atoms with Gasteiger partial charge in [-0.1, -0.05) is 12.1 Å². The molecule has 166 valence electrons. The first kappa shape index (κ1) is 21.6. The third-order valence-electron chi connectivity index (χ3n) is 6.10. The molecule has 1 aliphatic carbocycles. The van der Waals surface area contributed by atoms with E-state index in [1.54, 1.807) is 17.9 Å². The van der Waals surface area contributed by atoms with Crippen LogP contribution >= 0.6 is 0 Å². The molecule has 0 spiro atoms. The van der Waals surface area contributed by atoms with Crippen molar-refractivity contribution in [2.24, 2.45) is 0 Å². The molecule has 2 aromatic rings. The summed E-state index contributed by atoms with van der Waals surface area (Å²) in [5, 5.41) is 7.91. The van der Waals surface area contributed by atoms with Crippen LogP contribution in [0.4, 0.5) is 8.78 Å². The van der Waals surface area contributed by atoms with Crippen molar-refractivity contribution in [2.45, 2.75) is 45.3 Å². The molecule has 31 heavy (non-hydrogen) atoms. The van der Waals surface area contributed by atoms with Gasteiger partial charge in [0.05, 0.1) is 19.8 Å². The summed E-state index contributed by atoms with van der Waals surface area (Å²) < 4.78 is 35.7. The molecule has 6 nitrogen and oxygen atoms in total. The Labute approximate surface area is 180 Å². The van der Waals surface area contributed by atoms with Gasteiger partial charge >= 0.3 is 0 Å². The molecule has 1 aromatic carbocycles. The molecule has 0 saturated carbocycles. The van der Waals surface area contributed by atoms with Crippen LogP contribution in [0.15, 0.2) is 24.8 Å². The van der Waals surface area contributed by atoms with E-state index in [0.717, 1.165) is 24.1 Å². The number of hydrogen-bond acceptors (Lipinski definition) is 4. The zero-order valence-electron chi connectivity index (χ0n) is 17.8. The summed E-state index contributed by atoms with van der Waals surface area (Å²) >= 11 is 0. The molecule has 1 fully saturated rings. The Kier molecular flexibility index (Phi) is 6.48. The zero-order valence-corrected chi connectivity index (χ0v) is 17.8. The molecule has 4 rings (SSSR count). The largest absolute Gasteiger partial charge is 0.378 e. The van der Waals surface area contributed by atoms with Gasteiger partial charge in [-0.15, -0.1) is 6.58 Å². The van der Waals surface area contributed by atoms with Crippen molar-refractivity contribution >= 4 is 5.91 Å². The molecule has 0 radical (unpaired) electrons. The molecule has 1 saturated heterocycles. The Balaban J connectivity index is 1.54. The first-order valence-corrected chi connectivity index (χ1v) is 10.7. The van der Waals surface area contributed by atoms with Gasteiger partial charge in [0.25, 0.3) is 5.91 Å². The molecule has 1 aromatic heterocycles. The highest BCUT2D eigenvalue weighted by molar-refractivity contribution is 5.94. The normalized spacial score (nSPS) is 18.7. The summed E-state index contributed by atoms with van der Waals surface area (Å²) in [7, 11) is 0. The summed E-state index contributed by atoms with van der Waals surface area (Å²) in [4.78, 5) is 14.9. The van der Waals surface area contributed by atoms with Crippen molar-refractivity contribution in [1.82, 2.24) is 20.0 Å². The molecule has 1 aliphatic heterocycles. The second kappa shape index (κ2) is 9.28. The average Bonchev–Trinajstić information content (AvgIpc) is 3.14. The van der Waals surface area contributed by atoms with Gasteiger partial charge < -0.3 is 15.0 Å². The SMILES string of the molecule is C=CCn1nc(C(=O)N2CCOCC2)c2c1CC[C@H](NCc1c(F)ccc(C)c1F)C2. The molecule has 0 unspecified atom stereocenters. The zero-order chi connectivity index (χ0) is 22.0. The lowest BCUT2D eigenvalue weighted by molar-refractivity contribution is 0.0297. The number of rotatable bonds is 6. The minimum atomic E-state index is -0.547. The first-order chi connectivity index (χ1) is 15.0. The van der Waals surface area contributed by atoms with Gasteiger partial charge in [0.1, 0.15) is 11.6 Å². The van der Waals surface area contributed by atoms with Gasteiger partial charge in [-0.05, 0) is 37.8 Å². The fraction of sp³-hybridized carbons (Fsp3) is 0.478. The van der Waals surface area contributed by atoms with E-state index in [0.29, 0.717) is 50.5 Å². The minimum Gasteiger partial charge on any atom is -0.378 e. The van der Waals surface area contributed by atoms with E-state index in [9.17, 15) is 13.6 Å². The van der Waals surface area contributed by atoms with E-state index >= 15 is 0 Å². The molecule has 2 aliphatic rings. The average molecular weight is 430 g/mol. The van der Waals surface area contributed by atoms with Crippen LogP contribution in [0.25, 0.3) is 0 Å². The van der Waals surface area contributed by atoms with Gasteiger partial charge in [-0.2, -0.15) is 5.10 Å². The van der Waals surface area contributed by atoms with Crippen LogP contribution in [0.5, 0.6) is 0 Å². The van der Waals surface area contributed by atoms with E-state index < -0.39 is 11.6 Å². The molecular formula is C23H28F2N4O2. The van der Waals surface area contributed by atoms with Gasteiger partial charge in [0.15, 0.2) is 5.69 Å². The summed E-state index contributed by atoms with van der Waals surface area (Å²) in [5.74, 6) is -1.14. The highest BCUT2D eigenvalue weighted by atomic mass is 19.1. The van der Waals surface area contributed by atoms with Crippen molar-refractivity contribution in [3.8, 4) is 0 Å². The Morgan fingerprint density at radius 3 is 2.87 bits per heavy atom. The van der Waals surface area contributed by atoms with Crippen molar-refractivity contribution < 1.29 is 18.3 Å². The number of carbonyl (C=O) groups is 1. The number of carbonyl (C=O) groups excluding carboxylic acids is 1. The first-order valence-electron chi connectivity index (χ1n) is 10.7. The predicted molar refractivity (Wildman–Crippen MR) is 113 cm³/mol. The monoisotopic (exact) mass is 430 g/mol. The van der Waals surface area contributed by atoms with Gasteiger partial charge in [0.2, 0.25) is 0 Å². The fourth-order valence-electron chi connectivity index (χ4n) is 4.35. The molecule has 2 heterocycles. The molecular weight excluding hydrogens is 402 g/mol. The maximum absolute atomic E-state index is 14.4. The minimum absolute atomic E-state index is 0.00410. The molecule has 1 amide bonds. The Bertz CT molecular complexity index is 982. The third-order valence-corrected chi connectivity index (χ3v) is 6.10. The Hall–Kier alpha value is -2.58. The summed E-state index contributed by atoms with van der Waals surface area (Å²) in [5.41, 5.74) is 2.92. The Morgan fingerprint density at radius 1 is 1.35 bits per heavy atom. The molecule has 1 atom stereocenters. The number of halogens is 2. The van der Waals surface area contributed by atoms with E-state index in [4.69, 9.17) is 4.74 Å². The maximum atomic E-state index is 14.4. The number of ether oxygens (including phenoxy) is 1. The number of nitrogens with zero attached hydrogens (tertiary/aromatic N) is 3. The number of aryl methyl sites for hydroxylation is 1. The number of aromatic nitrogens is 2. The van der Waals surface area contributed by atoms with Crippen LogP contribution < -0.4 is 5.32 Å². The van der Waals surface area contributed by atoms with Crippen molar-refractivity contribution in [3.05, 3.63) is 64.5 Å². The number of morpholine rings is 1. The number of hydrogen-bond donors (Lipinski definition) is 1. The number of nitrogens with one attached hydrogen (secondary N) is 1. The maximum Gasteiger partial charge on any atom is 0.274 e. The van der Waals surface area contributed by atoms with Crippen LogP contribution in [0.3, 0.4) is 0 Å². The van der Waals surface area contributed by atoms with E-state index in [1.165, 1.54) is 12.1 Å². The Morgan fingerprint density at radius 2 is 2.13 bits per heavy atom. The number of fused-ring (bicyclic) bond motifs is 1. The highest BCUT2D eigenvalue weighted by Crippen LogP contribution is 2.27. The molecule has 8 heteroatoms. The van der Waals surface area contributed by atoms with Crippen LogP contribution in [0.1, 0.15) is 39.3 Å². The third kappa shape index (κ3) is 4.41. The van der Waals surface area contributed by atoms with Gasteiger partial charge in [0, 0.05) is 42.5 Å². The van der Waals surface area contributed by atoms with Crippen molar-refractivity contribution in [1.29, 1.82) is 0 Å². The fourth-order valence-corrected chi connectivity index (χ4v) is 4.35. The second-order valence-corrected chi connectivity index (χ2v) is 8.13. The lowest BCUT2D eigenvalue weighted by Gasteiger charge is -2.28. The van der Waals surface area contributed by atoms with Crippen molar-refractivity contribution in [2.75, 3.05) is 26.3 Å².